The van der Waals surface area contributed by atoms with Crippen LogP contribution in [0.5, 0.6) is 5.75 Å². The number of ether oxygens (including phenoxy) is 1. The van der Waals surface area contributed by atoms with Crippen LogP contribution in [0.25, 0.3) is 22.0 Å². The molecule has 0 fully saturated rings. The van der Waals surface area contributed by atoms with Crippen LogP contribution in [0.1, 0.15) is 37.8 Å². The molecule has 3 aromatic rings. The van der Waals surface area contributed by atoms with Gasteiger partial charge in [0.05, 0.1) is 24.3 Å². The molecule has 0 aliphatic carbocycles. The first-order valence-corrected chi connectivity index (χ1v) is 9.09. The Hall–Kier alpha value is -2.46. The van der Waals surface area contributed by atoms with Crippen LogP contribution >= 0.6 is 0 Å². The number of aryl methyl sites for hydroxylation is 1. The maximum absolute atomic E-state index is 10.8. The zero-order valence-electron chi connectivity index (χ0n) is 16.0. The fourth-order valence-electron chi connectivity index (χ4n) is 4.33. The molecule has 2 unspecified atom stereocenters. The van der Waals surface area contributed by atoms with Gasteiger partial charge < -0.3 is 20.1 Å². The number of aliphatic hydroxyl groups is 1. The van der Waals surface area contributed by atoms with E-state index in [1.54, 1.807) is 7.11 Å². The summed E-state index contributed by atoms with van der Waals surface area (Å²) in [6.45, 7) is 8.27. The molecule has 2 aromatic carbocycles. The summed E-state index contributed by atoms with van der Waals surface area (Å²) in [5.74, 6) is 0.806. The van der Waals surface area contributed by atoms with Gasteiger partial charge in [0.25, 0.3) is 0 Å². The molecule has 1 aliphatic heterocycles. The number of benzene rings is 2. The molecule has 2 atom stereocenters. The summed E-state index contributed by atoms with van der Waals surface area (Å²) in [4.78, 5) is 3.35. The minimum atomic E-state index is -0.500. The fraction of sp³-hybridized carbons (Fsp3) is 0.364. The summed E-state index contributed by atoms with van der Waals surface area (Å²) in [7, 11) is 1.71. The van der Waals surface area contributed by atoms with Gasteiger partial charge in [0.1, 0.15) is 5.75 Å². The maximum Gasteiger partial charge on any atom is 0.132 e. The summed E-state index contributed by atoms with van der Waals surface area (Å²) < 4.78 is 5.90. The van der Waals surface area contributed by atoms with Crippen LogP contribution in [0, 0.1) is 6.92 Å². The second kappa shape index (κ2) is 5.78. The third kappa shape index (κ3) is 2.32. The second-order valence-electron chi connectivity index (χ2n) is 7.89. The number of fused-ring (bicyclic) bond motifs is 2. The fourth-order valence-corrected chi connectivity index (χ4v) is 4.33. The Morgan fingerprint density at radius 3 is 2.65 bits per heavy atom. The Morgan fingerprint density at radius 1 is 1.15 bits per heavy atom. The van der Waals surface area contributed by atoms with Gasteiger partial charge in [-0.05, 0) is 43.9 Å². The number of aromatic nitrogens is 1. The van der Waals surface area contributed by atoms with Crippen molar-refractivity contribution >= 4 is 16.6 Å². The summed E-state index contributed by atoms with van der Waals surface area (Å²) in [6, 6.07) is 10.5. The molecule has 2 heterocycles. The zero-order chi connectivity index (χ0) is 18.6. The summed E-state index contributed by atoms with van der Waals surface area (Å²) >= 11 is 0. The van der Waals surface area contributed by atoms with Crippen molar-refractivity contribution in [2.45, 2.75) is 45.3 Å². The Morgan fingerprint density at radius 2 is 1.92 bits per heavy atom. The van der Waals surface area contributed by atoms with Crippen molar-refractivity contribution in [3.05, 3.63) is 47.7 Å². The van der Waals surface area contributed by atoms with Crippen LogP contribution in [0.15, 0.2) is 36.5 Å². The van der Waals surface area contributed by atoms with E-state index in [0.717, 1.165) is 39.2 Å². The lowest BCUT2D eigenvalue weighted by atomic mass is 9.76. The van der Waals surface area contributed by atoms with Gasteiger partial charge in [-0.15, -0.1) is 0 Å². The molecule has 4 nitrogen and oxygen atoms in total. The molecular formula is C22H26N2O2. The Balaban J connectivity index is 2.03. The number of methoxy groups -OCH3 is 1. The minimum absolute atomic E-state index is 0.0299. The molecule has 136 valence electrons. The molecule has 1 aliphatic rings. The first-order chi connectivity index (χ1) is 12.3. The number of hydrogen-bond acceptors (Lipinski definition) is 3. The molecule has 4 heteroatoms. The molecule has 0 radical (unpaired) electrons. The predicted octanol–water partition coefficient (Wildman–Crippen LogP) is 4.82. The van der Waals surface area contributed by atoms with Crippen molar-refractivity contribution in [2.24, 2.45) is 0 Å². The summed E-state index contributed by atoms with van der Waals surface area (Å²) in [6.07, 6.45) is 1.46. The van der Waals surface area contributed by atoms with Crippen molar-refractivity contribution in [2.75, 3.05) is 12.4 Å². The van der Waals surface area contributed by atoms with Crippen LogP contribution in [0.2, 0.25) is 0 Å². The normalized spacial score (nSPS) is 21.3. The quantitative estimate of drug-likeness (QED) is 0.621. The lowest BCUT2D eigenvalue weighted by molar-refractivity contribution is 0.0858. The SMILES string of the molecule is COc1c(-c2cccc3cc[nH]c23)cc(C)c2c1C(C)C(O)C(C)(C)N2. The summed E-state index contributed by atoms with van der Waals surface area (Å²) in [5, 5.41) is 15.5. The van der Waals surface area contributed by atoms with E-state index in [2.05, 4.69) is 54.5 Å². The van der Waals surface area contributed by atoms with Crippen molar-refractivity contribution in [1.29, 1.82) is 0 Å². The molecule has 0 saturated heterocycles. The van der Waals surface area contributed by atoms with Crippen LogP contribution < -0.4 is 10.1 Å². The van der Waals surface area contributed by atoms with E-state index in [0.29, 0.717) is 0 Å². The Bertz CT molecular complexity index is 987. The van der Waals surface area contributed by atoms with Crippen LogP contribution in [0.3, 0.4) is 0 Å². The molecule has 4 rings (SSSR count). The minimum Gasteiger partial charge on any atom is -0.496 e. The van der Waals surface area contributed by atoms with Crippen molar-refractivity contribution in [1.82, 2.24) is 4.98 Å². The van der Waals surface area contributed by atoms with Crippen LogP contribution in [-0.2, 0) is 0 Å². The Labute approximate surface area is 154 Å². The molecule has 3 N–H and O–H groups in total. The van der Waals surface area contributed by atoms with E-state index in [1.807, 2.05) is 20.0 Å². The third-order valence-electron chi connectivity index (χ3n) is 5.71. The van der Waals surface area contributed by atoms with Crippen molar-refractivity contribution in [3.63, 3.8) is 0 Å². The van der Waals surface area contributed by atoms with E-state index < -0.39 is 6.10 Å². The van der Waals surface area contributed by atoms with E-state index in [4.69, 9.17) is 4.74 Å². The summed E-state index contributed by atoms with van der Waals surface area (Å²) in [5.41, 5.74) is 6.17. The standard InChI is InChI=1S/C22H26N2O2/c1-12-11-16(15-8-6-7-14-9-10-23-19(14)15)20(26-5)17-13(2)21(25)22(3,4)24-18(12)17/h6-11,13,21,23-25H,1-5H3. The number of anilines is 1. The van der Waals surface area contributed by atoms with Crippen LogP contribution in [-0.4, -0.2) is 28.8 Å². The number of para-hydroxylation sites is 1. The zero-order valence-corrected chi connectivity index (χ0v) is 16.0. The number of rotatable bonds is 2. The number of hydrogen-bond donors (Lipinski definition) is 3. The molecule has 26 heavy (non-hydrogen) atoms. The van der Waals surface area contributed by atoms with Gasteiger partial charge >= 0.3 is 0 Å². The monoisotopic (exact) mass is 350 g/mol. The number of aromatic amines is 1. The predicted molar refractivity (Wildman–Crippen MR) is 107 cm³/mol. The molecule has 0 bridgehead atoms. The van der Waals surface area contributed by atoms with Gasteiger partial charge in [-0.3, -0.25) is 0 Å². The van der Waals surface area contributed by atoms with Gasteiger partial charge in [-0.25, -0.2) is 0 Å². The highest BCUT2D eigenvalue weighted by Gasteiger charge is 2.41. The lowest BCUT2D eigenvalue weighted by Gasteiger charge is -2.43. The number of nitrogens with one attached hydrogen (secondary N) is 2. The largest absolute Gasteiger partial charge is 0.496 e. The first kappa shape index (κ1) is 17.0. The van der Waals surface area contributed by atoms with Crippen molar-refractivity contribution in [3.8, 4) is 16.9 Å². The van der Waals surface area contributed by atoms with E-state index in [1.165, 1.54) is 5.39 Å². The molecule has 0 spiro atoms. The highest BCUT2D eigenvalue weighted by atomic mass is 16.5. The van der Waals surface area contributed by atoms with E-state index >= 15 is 0 Å². The van der Waals surface area contributed by atoms with Gasteiger partial charge in [0.15, 0.2) is 0 Å². The van der Waals surface area contributed by atoms with Gasteiger partial charge in [-0.2, -0.15) is 0 Å². The highest BCUT2D eigenvalue weighted by Crippen LogP contribution is 2.49. The molecule has 0 saturated carbocycles. The van der Waals surface area contributed by atoms with E-state index in [9.17, 15) is 5.11 Å². The third-order valence-corrected chi connectivity index (χ3v) is 5.71. The number of aliphatic hydroxyl groups excluding tert-OH is 1. The average molecular weight is 350 g/mol. The first-order valence-electron chi connectivity index (χ1n) is 9.09. The highest BCUT2D eigenvalue weighted by molar-refractivity contribution is 5.97. The smallest absolute Gasteiger partial charge is 0.132 e. The average Bonchev–Trinajstić information content (AvgIpc) is 3.09. The second-order valence-corrected chi connectivity index (χ2v) is 7.89. The van der Waals surface area contributed by atoms with Crippen molar-refractivity contribution < 1.29 is 9.84 Å². The lowest BCUT2D eigenvalue weighted by Crippen LogP contribution is -2.50. The van der Waals surface area contributed by atoms with Gasteiger partial charge in [0.2, 0.25) is 0 Å². The molecule has 0 amide bonds. The molecule has 1 aromatic heterocycles. The number of H-pyrrole nitrogens is 1. The topological polar surface area (TPSA) is 57.3 Å². The van der Waals surface area contributed by atoms with E-state index in [-0.39, 0.29) is 11.5 Å². The van der Waals surface area contributed by atoms with Crippen LogP contribution in [0.4, 0.5) is 5.69 Å². The van der Waals surface area contributed by atoms with Gasteiger partial charge in [0, 0.05) is 34.5 Å². The maximum atomic E-state index is 10.8. The Kier molecular flexibility index (Phi) is 3.77. The molecular weight excluding hydrogens is 324 g/mol. The van der Waals surface area contributed by atoms with Gasteiger partial charge in [-0.1, -0.05) is 25.1 Å².